The lowest BCUT2D eigenvalue weighted by Crippen LogP contribution is -2.36. The number of thiazole rings is 1. The van der Waals surface area contributed by atoms with E-state index in [9.17, 15) is 34.2 Å². The van der Waals surface area contributed by atoms with Gasteiger partial charge in [-0.2, -0.15) is 0 Å². The molecule has 1 aromatic carbocycles. The first kappa shape index (κ1) is 28.9. The van der Waals surface area contributed by atoms with Crippen LogP contribution in [0.4, 0.5) is 5.69 Å². The van der Waals surface area contributed by atoms with Crippen LogP contribution in [0.3, 0.4) is 0 Å². The standard InChI is InChI=1S/C25H21N3O9S4/c1-37-12-4-5-15-14(6-12)26(8-17(29)30)23(39-15)13(11-2-3-11)7-16-21(35)27(9-18(31)32)24(40-16)20-22(36)28(10-19(33)34)25(38)41-20/h4-7,11H,2-3,8-10H2,1H3,(H,29,30)(H,31,32)(H,33,34)/b16-7-,23-13-,24-20-. The van der Waals surface area contributed by atoms with Crippen LogP contribution in [0.2, 0.25) is 0 Å². The van der Waals surface area contributed by atoms with Gasteiger partial charge < -0.3 is 25.0 Å². The number of allylic oxidation sites excluding steroid dienone is 1. The summed E-state index contributed by atoms with van der Waals surface area (Å²) >= 11 is 8.27. The maximum atomic E-state index is 13.5. The Kier molecular flexibility index (Phi) is 8.00. The minimum Gasteiger partial charge on any atom is -0.497 e. The van der Waals surface area contributed by atoms with Crippen molar-refractivity contribution in [3.05, 3.63) is 48.4 Å². The Morgan fingerprint density at radius 3 is 2.29 bits per heavy atom. The minimum absolute atomic E-state index is 0.0127. The molecule has 5 rings (SSSR count). The van der Waals surface area contributed by atoms with Crippen molar-refractivity contribution in [3.8, 4) is 5.75 Å². The molecule has 0 bridgehead atoms. The van der Waals surface area contributed by atoms with E-state index in [1.165, 1.54) is 18.9 Å². The van der Waals surface area contributed by atoms with Crippen LogP contribution in [0.5, 0.6) is 5.75 Å². The molecule has 0 spiro atoms. The first-order chi connectivity index (χ1) is 19.5. The Labute approximate surface area is 249 Å². The predicted octanol–water partition coefficient (Wildman–Crippen LogP) is 1.16. The summed E-state index contributed by atoms with van der Waals surface area (Å²) in [5.74, 6) is -3.74. The Morgan fingerprint density at radius 2 is 1.68 bits per heavy atom. The molecular formula is C25H21N3O9S4. The van der Waals surface area contributed by atoms with E-state index in [1.807, 2.05) is 6.07 Å². The van der Waals surface area contributed by atoms with Crippen LogP contribution in [0.15, 0.2) is 38.5 Å². The highest BCUT2D eigenvalue weighted by molar-refractivity contribution is 8.30. The van der Waals surface area contributed by atoms with Crippen LogP contribution < -0.4 is 24.4 Å². The average molecular weight is 636 g/mol. The van der Waals surface area contributed by atoms with Crippen molar-refractivity contribution >= 4 is 91.9 Å². The number of carbonyl (C=O) groups is 4. The molecule has 1 aromatic heterocycles. The van der Waals surface area contributed by atoms with Crippen molar-refractivity contribution in [1.29, 1.82) is 0 Å². The van der Waals surface area contributed by atoms with Gasteiger partial charge in [-0.15, -0.1) is 11.3 Å². The lowest BCUT2D eigenvalue weighted by atomic mass is 10.1. The molecule has 1 amide bonds. The molecule has 16 heteroatoms. The third-order valence-electron chi connectivity index (χ3n) is 6.29. The van der Waals surface area contributed by atoms with E-state index in [4.69, 9.17) is 22.1 Å². The van der Waals surface area contributed by atoms with E-state index in [0.29, 0.717) is 16.5 Å². The second kappa shape index (κ2) is 11.3. The number of aromatic nitrogens is 1. The van der Waals surface area contributed by atoms with Gasteiger partial charge in [0.1, 0.15) is 39.3 Å². The van der Waals surface area contributed by atoms with Crippen molar-refractivity contribution < 1.29 is 39.2 Å². The molecule has 2 fully saturated rings. The van der Waals surface area contributed by atoms with Crippen molar-refractivity contribution in [3.63, 3.8) is 0 Å². The molecule has 1 saturated heterocycles. The molecule has 214 valence electrons. The molecule has 0 atom stereocenters. The van der Waals surface area contributed by atoms with Gasteiger partial charge in [-0.3, -0.25) is 33.4 Å². The number of carboxylic acids is 3. The maximum absolute atomic E-state index is 13.5. The molecule has 1 aliphatic carbocycles. The van der Waals surface area contributed by atoms with Crippen molar-refractivity contribution in [2.45, 2.75) is 24.3 Å². The second-order valence-corrected chi connectivity index (χ2v) is 12.8. The van der Waals surface area contributed by atoms with E-state index in [-0.39, 0.29) is 30.9 Å². The van der Waals surface area contributed by atoms with Gasteiger partial charge in [0.15, 0.2) is 0 Å². The first-order valence-corrected chi connectivity index (χ1v) is 14.9. The fraction of sp³-hybridized carbons (Fsp3) is 0.280. The number of benzene rings is 1. The van der Waals surface area contributed by atoms with Gasteiger partial charge in [-0.1, -0.05) is 35.7 Å². The number of thiocarbonyl (C=S) groups is 1. The number of thioether (sulfide) groups is 2. The van der Waals surface area contributed by atoms with Gasteiger partial charge in [-0.05, 0) is 42.5 Å². The smallest absolute Gasteiger partial charge is 0.323 e. The molecule has 0 radical (unpaired) electrons. The normalized spacial score (nSPS) is 19.6. The summed E-state index contributed by atoms with van der Waals surface area (Å²) in [6.07, 6.45) is 3.29. The SMILES string of the molecule is COc1ccc2c(c1)N(CC(=O)O)/C(=C(\C=c1/s/c(=C3\SC(=S)N(CC(=O)O)C3=O)n(CC(=O)O)c1=O)C1CC1)S2. The summed E-state index contributed by atoms with van der Waals surface area (Å²) in [6.45, 7) is -1.71. The summed E-state index contributed by atoms with van der Waals surface area (Å²) in [7, 11) is 1.51. The van der Waals surface area contributed by atoms with E-state index in [2.05, 4.69) is 0 Å². The molecule has 0 unspecified atom stereocenters. The first-order valence-electron chi connectivity index (χ1n) is 12.0. The largest absolute Gasteiger partial charge is 0.497 e. The van der Waals surface area contributed by atoms with Gasteiger partial charge in [-0.25, -0.2) is 0 Å². The lowest BCUT2D eigenvalue weighted by molar-refractivity contribution is -0.140. The van der Waals surface area contributed by atoms with Gasteiger partial charge in [0.05, 0.1) is 22.4 Å². The second-order valence-electron chi connectivity index (χ2n) is 9.13. The van der Waals surface area contributed by atoms with Crippen LogP contribution in [-0.2, 0) is 25.7 Å². The van der Waals surface area contributed by atoms with Crippen molar-refractivity contribution in [1.82, 2.24) is 9.47 Å². The molecule has 12 nitrogen and oxygen atoms in total. The highest BCUT2D eigenvalue weighted by atomic mass is 32.2. The van der Waals surface area contributed by atoms with E-state index in [0.717, 1.165) is 55.9 Å². The van der Waals surface area contributed by atoms with Gasteiger partial charge in [0.25, 0.3) is 11.5 Å². The third kappa shape index (κ3) is 5.77. The number of ether oxygens (including phenoxy) is 1. The quantitative estimate of drug-likeness (QED) is 0.336. The maximum Gasteiger partial charge on any atom is 0.323 e. The Hall–Kier alpha value is -3.60. The predicted molar refractivity (Wildman–Crippen MR) is 156 cm³/mol. The number of hydrogen-bond acceptors (Lipinski definition) is 11. The Balaban J connectivity index is 1.71. The molecular weight excluding hydrogens is 615 g/mol. The Bertz CT molecular complexity index is 1740. The van der Waals surface area contributed by atoms with Crippen LogP contribution in [-0.4, -0.2) is 73.1 Å². The molecule has 41 heavy (non-hydrogen) atoms. The monoisotopic (exact) mass is 635 g/mol. The minimum atomic E-state index is -1.30. The Morgan fingerprint density at radius 1 is 1.02 bits per heavy atom. The van der Waals surface area contributed by atoms with Crippen molar-refractivity contribution in [2.75, 3.05) is 25.1 Å². The van der Waals surface area contributed by atoms with E-state index >= 15 is 0 Å². The van der Waals surface area contributed by atoms with Gasteiger partial charge >= 0.3 is 17.9 Å². The zero-order valence-corrected chi connectivity index (χ0v) is 24.5. The number of amides is 1. The van der Waals surface area contributed by atoms with Crippen LogP contribution in [0.25, 0.3) is 11.0 Å². The fourth-order valence-corrected chi connectivity index (χ4v) is 8.09. The van der Waals surface area contributed by atoms with Crippen LogP contribution in [0, 0.1) is 5.92 Å². The summed E-state index contributed by atoms with van der Waals surface area (Å²) in [5.41, 5.74) is 0.753. The number of hydrogen-bond donors (Lipinski definition) is 3. The van der Waals surface area contributed by atoms with Gasteiger partial charge in [0.2, 0.25) is 0 Å². The molecule has 3 heterocycles. The number of methoxy groups -OCH3 is 1. The number of aliphatic carboxylic acids is 3. The van der Waals surface area contributed by atoms with E-state index < -0.39 is 42.5 Å². The topological polar surface area (TPSA) is 167 Å². The number of anilines is 1. The molecule has 2 aliphatic heterocycles. The van der Waals surface area contributed by atoms with Crippen molar-refractivity contribution in [2.24, 2.45) is 5.92 Å². The zero-order valence-electron chi connectivity index (χ0n) is 21.2. The summed E-state index contributed by atoms with van der Waals surface area (Å²) in [6, 6.07) is 5.35. The molecule has 1 saturated carbocycles. The number of carboxylic acid groups (broad SMARTS) is 3. The average Bonchev–Trinajstić information content (AvgIpc) is 3.57. The van der Waals surface area contributed by atoms with Crippen LogP contribution in [0.1, 0.15) is 12.8 Å². The molecule has 2 aromatic rings. The highest BCUT2D eigenvalue weighted by Gasteiger charge is 2.37. The lowest BCUT2D eigenvalue weighted by Gasteiger charge is -2.20. The highest BCUT2D eigenvalue weighted by Crippen LogP contribution is 2.52. The molecule has 3 aliphatic rings. The number of nitrogens with zero attached hydrogens (tertiary/aromatic N) is 3. The number of rotatable bonds is 9. The zero-order chi connectivity index (χ0) is 29.6. The fourth-order valence-electron chi connectivity index (χ4n) is 4.35. The van der Waals surface area contributed by atoms with E-state index in [1.54, 1.807) is 23.1 Å². The number of fused-ring (bicyclic) bond motifs is 1. The summed E-state index contributed by atoms with van der Waals surface area (Å²) in [4.78, 5) is 64.6. The number of carbonyl (C=O) groups excluding carboxylic acids is 1. The third-order valence-corrected chi connectivity index (χ3v) is 10.2. The summed E-state index contributed by atoms with van der Waals surface area (Å²) in [5, 5.41) is 29.0. The van der Waals surface area contributed by atoms with Crippen LogP contribution >= 0.6 is 47.1 Å². The van der Waals surface area contributed by atoms with Gasteiger partial charge in [0, 0.05) is 11.0 Å². The molecule has 3 N–H and O–H groups in total. The summed E-state index contributed by atoms with van der Waals surface area (Å²) < 4.78 is 6.50.